The number of rotatable bonds is 4. The maximum atomic E-state index is 13.3. The Morgan fingerprint density at radius 3 is 2.81 bits per heavy atom. The lowest BCUT2D eigenvalue weighted by Gasteiger charge is -2.28. The van der Waals surface area contributed by atoms with Gasteiger partial charge >= 0.3 is 6.03 Å². The minimum Gasteiger partial charge on any atom is -0.497 e. The van der Waals surface area contributed by atoms with Crippen molar-refractivity contribution in [1.82, 2.24) is 5.32 Å². The van der Waals surface area contributed by atoms with E-state index >= 15 is 0 Å². The van der Waals surface area contributed by atoms with E-state index in [9.17, 15) is 9.18 Å². The molecule has 0 bridgehead atoms. The van der Waals surface area contributed by atoms with Gasteiger partial charge in [-0.3, -0.25) is 4.90 Å². The van der Waals surface area contributed by atoms with Gasteiger partial charge in [-0.15, -0.1) is 0 Å². The van der Waals surface area contributed by atoms with Gasteiger partial charge in [0.1, 0.15) is 11.6 Å². The highest BCUT2D eigenvalue weighted by Gasteiger charge is 2.32. The predicted molar refractivity (Wildman–Crippen MR) is 101 cm³/mol. The molecule has 1 saturated heterocycles. The van der Waals surface area contributed by atoms with Crippen molar-refractivity contribution in [3.8, 4) is 5.75 Å². The molecule has 4 rings (SSSR count). The number of benzene rings is 2. The molecule has 27 heavy (non-hydrogen) atoms. The molecule has 0 aromatic heterocycles. The number of methoxy groups -OCH3 is 1. The van der Waals surface area contributed by atoms with Crippen LogP contribution in [-0.4, -0.2) is 32.4 Å². The second kappa shape index (κ2) is 7.56. The molecule has 0 saturated carbocycles. The molecule has 2 aromatic rings. The van der Waals surface area contributed by atoms with E-state index < -0.39 is 0 Å². The van der Waals surface area contributed by atoms with Crippen LogP contribution in [0.4, 0.5) is 14.9 Å². The number of hydrogen-bond donors (Lipinski definition) is 1. The van der Waals surface area contributed by atoms with E-state index in [0.717, 1.165) is 41.8 Å². The highest BCUT2D eigenvalue weighted by Crippen LogP contribution is 2.33. The number of ether oxygens (including phenoxy) is 2. The van der Waals surface area contributed by atoms with Gasteiger partial charge in [-0.1, -0.05) is 12.1 Å². The molecule has 0 spiro atoms. The summed E-state index contributed by atoms with van der Waals surface area (Å²) in [5.41, 5.74) is 2.85. The minimum absolute atomic E-state index is 0.0997. The van der Waals surface area contributed by atoms with Gasteiger partial charge in [-0.2, -0.15) is 0 Å². The molecule has 2 amide bonds. The van der Waals surface area contributed by atoms with Crippen LogP contribution in [-0.2, 0) is 11.2 Å². The zero-order valence-electron chi connectivity index (χ0n) is 15.3. The fourth-order valence-corrected chi connectivity index (χ4v) is 3.85. The van der Waals surface area contributed by atoms with E-state index in [1.54, 1.807) is 24.1 Å². The molecular weight excluding hydrogens is 347 g/mol. The summed E-state index contributed by atoms with van der Waals surface area (Å²) in [6.07, 6.45) is 2.53. The van der Waals surface area contributed by atoms with Gasteiger partial charge in [0.2, 0.25) is 0 Å². The summed E-state index contributed by atoms with van der Waals surface area (Å²) in [5.74, 6) is 0.498. The van der Waals surface area contributed by atoms with Crippen LogP contribution in [0, 0.1) is 5.82 Å². The second-order valence-corrected chi connectivity index (χ2v) is 6.93. The van der Waals surface area contributed by atoms with Crippen molar-refractivity contribution in [3.05, 3.63) is 59.4 Å². The summed E-state index contributed by atoms with van der Waals surface area (Å²) in [6, 6.07) is 11.5. The Labute approximate surface area is 158 Å². The lowest BCUT2D eigenvalue weighted by Crippen LogP contribution is -2.44. The van der Waals surface area contributed by atoms with E-state index in [4.69, 9.17) is 9.47 Å². The van der Waals surface area contributed by atoms with Gasteiger partial charge in [0.15, 0.2) is 0 Å². The van der Waals surface area contributed by atoms with Crippen LogP contribution < -0.4 is 15.0 Å². The lowest BCUT2D eigenvalue weighted by molar-refractivity contribution is 0.0811. The maximum Gasteiger partial charge on any atom is 0.322 e. The number of halogens is 1. The van der Waals surface area contributed by atoms with Crippen molar-refractivity contribution >= 4 is 11.7 Å². The molecular formula is C21H23FN2O3. The third-order valence-corrected chi connectivity index (χ3v) is 5.27. The van der Waals surface area contributed by atoms with E-state index in [1.807, 2.05) is 18.2 Å². The van der Waals surface area contributed by atoms with Crippen LogP contribution in [0.15, 0.2) is 42.5 Å². The molecule has 2 atom stereocenters. The monoisotopic (exact) mass is 370 g/mol. The van der Waals surface area contributed by atoms with Crippen molar-refractivity contribution in [1.29, 1.82) is 0 Å². The van der Waals surface area contributed by atoms with Gasteiger partial charge < -0.3 is 14.8 Å². The van der Waals surface area contributed by atoms with Crippen molar-refractivity contribution in [3.63, 3.8) is 0 Å². The molecule has 5 nitrogen and oxygen atoms in total. The number of fused-ring (bicyclic) bond motifs is 1. The van der Waals surface area contributed by atoms with Crippen molar-refractivity contribution < 1.29 is 18.7 Å². The number of anilines is 1. The molecule has 0 unspecified atom stereocenters. The fourth-order valence-electron chi connectivity index (χ4n) is 3.85. The summed E-state index contributed by atoms with van der Waals surface area (Å²) < 4.78 is 24.4. The Kier molecular flexibility index (Phi) is 4.99. The number of amides is 2. The molecule has 6 heteroatoms. The summed E-state index contributed by atoms with van der Waals surface area (Å²) in [4.78, 5) is 14.8. The average Bonchev–Trinajstić information content (AvgIpc) is 3.36. The highest BCUT2D eigenvalue weighted by molar-refractivity contribution is 5.94. The molecule has 0 radical (unpaired) electrons. The molecule has 0 aliphatic carbocycles. The smallest absolute Gasteiger partial charge is 0.322 e. The number of urea groups is 1. The Bertz CT molecular complexity index is 819. The quantitative estimate of drug-likeness (QED) is 0.890. The molecule has 1 N–H and O–H groups in total. The van der Waals surface area contributed by atoms with Gasteiger partial charge in [-0.25, -0.2) is 9.18 Å². The predicted octanol–water partition coefficient (Wildman–Crippen LogP) is 3.83. The van der Waals surface area contributed by atoms with E-state index in [1.165, 1.54) is 12.1 Å². The van der Waals surface area contributed by atoms with Gasteiger partial charge in [-0.05, 0) is 60.7 Å². The van der Waals surface area contributed by atoms with Crippen LogP contribution in [0.3, 0.4) is 0 Å². The summed E-state index contributed by atoms with van der Waals surface area (Å²) in [7, 11) is 1.63. The molecule has 142 valence electrons. The molecule has 1 fully saturated rings. The third kappa shape index (κ3) is 3.62. The van der Waals surface area contributed by atoms with Crippen LogP contribution in [0.2, 0.25) is 0 Å². The van der Waals surface area contributed by atoms with Crippen molar-refractivity contribution in [2.24, 2.45) is 0 Å². The number of hydrogen-bond acceptors (Lipinski definition) is 3. The largest absolute Gasteiger partial charge is 0.497 e. The van der Waals surface area contributed by atoms with Crippen LogP contribution in [0.25, 0.3) is 0 Å². The Morgan fingerprint density at radius 1 is 1.30 bits per heavy atom. The lowest BCUT2D eigenvalue weighted by atomic mass is 9.99. The first-order valence-electron chi connectivity index (χ1n) is 9.28. The Hall–Kier alpha value is -2.60. The van der Waals surface area contributed by atoms with Crippen LogP contribution >= 0.6 is 0 Å². The molecule has 2 aliphatic rings. The Balaban J connectivity index is 1.55. The van der Waals surface area contributed by atoms with E-state index in [0.29, 0.717) is 13.2 Å². The number of carbonyl (C=O) groups excluding carboxylic acids is 1. The first-order chi connectivity index (χ1) is 13.2. The summed E-state index contributed by atoms with van der Waals surface area (Å²) >= 11 is 0. The second-order valence-electron chi connectivity index (χ2n) is 6.93. The molecule has 2 aromatic carbocycles. The summed E-state index contributed by atoms with van der Waals surface area (Å²) in [6.45, 7) is 1.31. The van der Waals surface area contributed by atoms with Crippen LogP contribution in [0.5, 0.6) is 5.75 Å². The topological polar surface area (TPSA) is 50.8 Å². The highest BCUT2D eigenvalue weighted by atomic mass is 19.1. The standard InChI is InChI=1S/C21H23FN2O3/c1-26-17-8-9-18-15(13-17)10-11-24(18)21(25)23-20(19-3-2-12-27-19)14-4-6-16(22)7-5-14/h4-9,13,19-20H,2-3,10-12H2,1H3,(H,23,25)/t19-,20-/m0/s1. The first kappa shape index (κ1) is 17.8. The zero-order valence-corrected chi connectivity index (χ0v) is 15.3. The third-order valence-electron chi connectivity index (χ3n) is 5.27. The van der Waals surface area contributed by atoms with Gasteiger partial charge in [0.25, 0.3) is 0 Å². The average molecular weight is 370 g/mol. The maximum absolute atomic E-state index is 13.3. The van der Waals surface area contributed by atoms with E-state index in [-0.39, 0.29) is 24.0 Å². The van der Waals surface area contributed by atoms with Crippen molar-refractivity contribution in [2.75, 3.05) is 25.2 Å². The fraction of sp³-hybridized carbons (Fsp3) is 0.381. The van der Waals surface area contributed by atoms with E-state index in [2.05, 4.69) is 5.32 Å². The minimum atomic E-state index is -0.303. The number of carbonyl (C=O) groups is 1. The van der Waals surface area contributed by atoms with Crippen LogP contribution in [0.1, 0.15) is 30.0 Å². The molecule has 2 aliphatic heterocycles. The first-order valence-corrected chi connectivity index (χ1v) is 9.28. The molecule has 2 heterocycles. The SMILES string of the molecule is COc1ccc2c(c1)CCN2C(=O)N[C@@H](c1ccc(F)cc1)[C@@H]1CCCO1. The Morgan fingerprint density at radius 2 is 2.11 bits per heavy atom. The zero-order chi connectivity index (χ0) is 18.8. The normalized spacial score (nSPS) is 19.6. The van der Waals surface area contributed by atoms with Crippen molar-refractivity contribution in [2.45, 2.75) is 31.4 Å². The number of nitrogens with one attached hydrogen (secondary N) is 1. The number of nitrogens with zero attached hydrogens (tertiary/aromatic N) is 1. The summed E-state index contributed by atoms with van der Waals surface area (Å²) in [5, 5.41) is 3.11. The van der Waals surface area contributed by atoms with Gasteiger partial charge in [0.05, 0.1) is 19.3 Å². The van der Waals surface area contributed by atoms with Gasteiger partial charge in [0, 0.05) is 18.8 Å².